The summed E-state index contributed by atoms with van der Waals surface area (Å²) in [5.41, 5.74) is 6.53. The number of carbonyl (C=O) groups is 1. The Labute approximate surface area is 178 Å². The number of carbonyl (C=O) groups excluding carboxylic acids is 1. The Bertz CT molecular complexity index is 1000. The molecule has 1 saturated heterocycles. The van der Waals surface area contributed by atoms with Gasteiger partial charge >= 0.3 is 0 Å². The molecule has 1 amide bonds. The SMILES string of the molecule is Cc1ccc(NC(=O)CN2CCN(c3c(C)nn(-c4ccccc4)c3C)CC2)cc1. The minimum Gasteiger partial charge on any atom is -0.366 e. The van der Waals surface area contributed by atoms with Gasteiger partial charge in [-0.1, -0.05) is 35.9 Å². The largest absolute Gasteiger partial charge is 0.366 e. The number of hydrogen-bond donors (Lipinski definition) is 1. The first-order valence-corrected chi connectivity index (χ1v) is 10.5. The number of amides is 1. The lowest BCUT2D eigenvalue weighted by Crippen LogP contribution is -2.49. The molecule has 30 heavy (non-hydrogen) atoms. The van der Waals surface area contributed by atoms with Crippen molar-refractivity contribution in [3.8, 4) is 5.69 Å². The minimum absolute atomic E-state index is 0.0385. The second-order valence-corrected chi connectivity index (χ2v) is 7.94. The molecule has 0 atom stereocenters. The van der Waals surface area contributed by atoms with E-state index in [1.54, 1.807) is 0 Å². The highest BCUT2D eigenvalue weighted by Crippen LogP contribution is 2.27. The number of aryl methyl sites for hydroxylation is 2. The van der Waals surface area contributed by atoms with Gasteiger partial charge in [-0.3, -0.25) is 9.69 Å². The first-order valence-electron chi connectivity index (χ1n) is 10.5. The van der Waals surface area contributed by atoms with Gasteiger partial charge in [-0.15, -0.1) is 0 Å². The quantitative estimate of drug-likeness (QED) is 0.708. The molecule has 0 radical (unpaired) electrons. The van der Waals surface area contributed by atoms with E-state index in [-0.39, 0.29) is 5.91 Å². The lowest BCUT2D eigenvalue weighted by Gasteiger charge is -2.35. The number of hydrogen-bond acceptors (Lipinski definition) is 4. The minimum atomic E-state index is 0.0385. The summed E-state index contributed by atoms with van der Waals surface area (Å²) in [7, 11) is 0. The van der Waals surface area contributed by atoms with Gasteiger partial charge in [0.15, 0.2) is 0 Å². The summed E-state index contributed by atoms with van der Waals surface area (Å²) < 4.78 is 2.02. The lowest BCUT2D eigenvalue weighted by molar-refractivity contribution is -0.117. The molecule has 6 heteroatoms. The molecule has 0 spiro atoms. The van der Waals surface area contributed by atoms with Crippen molar-refractivity contribution in [2.24, 2.45) is 0 Å². The van der Waals surface area contributed by atoms with E-state index in [4.69, 9.17) is 5.10 Å². The average molecular weight is 404 g/mol. The molecule has 3 aromatic rings. The highest BCUT2D eigenvalue weighted by molar-refractivity contribution is 5.92. The van der Waals surface area contributed by atoms with Crippen LogP contribution in [0, 0.1) is 20.8 Å². The fourth-order valence-electron chi connectivity index (χ4n) is 4.08. The van der Waals surface area contributed by atoms with Crippen LogP contribution in [0.15, 0.2) is 54.6 Å². The zero-order valence-corrected chi connectivity index (χ0v) is 17.9. The number of nitrogens with zero attached hydrogens (tertiary/aromatic N) is 4. The molecule has 1 aromatic heterocycles. The molecule has 4 rings (SSSR count). The maximum absolute atomic E-state index is 12.4. The number of rotatable bonds is 5. The van der Waals surface area contributed by atoms with E-state index in [1.807, 2.05) is 54.1 Å². The lowest BCUT2D eigenvalue weighted by atomic mass is 10.2. The van der Waals surface area contributed by atoms with E-state index in [1.165, 1.54) is 11.3 Å². The van der Waals surface area contributed by atoms with Crippen LogP contribution in [0.2, 0.25) is 0 Å². The van der Waals surface area contributed by atoms with Crippen LogP contribution in [-0.4, -0.2) is 53.3 Å². The van der Waals surface area contributed by atoms with Gasteiger partial charge in [0, 0.05) is 31.9 Å². The van der Waals surface area contributed by atoms with Crippen molar-refractivity contribution >= 4 is 17.3 Å². The van der Waals surface area contributed by atoms with Crippen LogP contribution in [0.25, 0.3) is 5.69 Å². The molecule has 156 valence electrons. The van der Waals surface area contributed by atoms with Crippen molar-refractivity contribution in [1.82, 2.24) is 14.7 Å². The Hall–Kier alpha value is -3.12. The summed E-state index contributed by atoms with van der Waals surface area (Å²) in [5.74, 6) is 0.0385. The molecule has 1 N–H and O–H groups in total. The van der Waals surface area contributed by atoms with E-state index in [0.717, 1.165) is 48.9 Å². The summed E-state index contributed by atoms with van der Waals surface area (Å²) in [6.45, 7) is 10.2. The second kappa shape index (κ2) is 8.71. The Morgan fingerprint density at radius 1 is 0.933 bits per heavy atom. The number of nitrogens with one attached hydrogen (secondary N) is 1. The van der Waals surface area contributed by atoms with Crippen LogP contribution in [0.3, 0.4) is 0 Å². The van der Waals surface area contributed by atoms with Crippen molar-refractivity contribution in [3.05, 3.63) is 71.5 Å². The Morgan fingerprint density at radius 2 is 1.60 bits per heavy atom. The molecule has 0 aliphatic carbocycles. The van der Waals surface area contributed by atoms with Gasteiger partial charge in [-0.25, -0.2) is 4.68 Å². The summed E-state index contributed by atoms with van der Waals surface area (Å²) in [6.07, 6.45) is 0. The second-order valence-electron chi connectivity index (χ2n) is 7.94. The summed E-state index contributed by atoms with van der Waals surface area (Å²) >= 11 is 0. The van der Waals surface area contributed by atoms with Gasteiger partial charge in [0.05, 0.1) is 29.3 Å². The van der Waals surface area contributed by atoms with Crippen molar-refractivity contribution in [2.45, 2.75) is 20.8 Å². The first kappa shape index (κ1) is 20.2. The molecule has 1 aliphatic heterocycles. The molecule has 0 unspecified atom stereocenters. The first-order chi connectivity index (χ1) is 14.5. The highest BCUT2D eigenvalue weighted by Gasteiger charge is 2.24. The van der Waals surface area contributed by atoms with E-state index in [9.17, 15) is 4.79 Å². The topological polar surface area (TPSA) is 53.4 Å². The van der Waals surface area contributed by atoms with E-state index >= 15 is 0 Å². The Balaban J connectivity index is 1.36. The maximum Gasteiger partial charge on any atom is 0.238 e. The number of benzene rings is 2. The van der Waals surface area contributed by atoms with Gasteiger partial charge < -0.3 is 10.2 Å². The number of anilines is 2. The normalized spacial score (nSPS) is 14.7. The molecule has 1 fully saturated rings. The van der Waals surface area contributed by atoms with Crippen molar-refractivity contribution in [2.75, 3.05) is 42.9 Å². The molecular formula is C24H29N5O. The standard InChI is InChI=1S/C24H29N5O/c1-18-9-11-21(12-10-18)25-23(30)17-27-13-15-28(16-14-27)24-19(2)26-29(20(24)3)22-7-5-4-6-8-22/h4-12H,13-17H2,1-3H3,(H,25,30). The monoisotopic (exact) mass is 403 g/mol. The van der Waals surface area contributed by atoms with Gasteiger partial charge in [-0.2, -0.15) is 5.10 Å². The van der Waals surface area contributed by atoms with Gasteiger partial charge in [0.2, 0.25) is 5.91 Å². The number of aromatic nitrogens is 2. The molecule has 0 saturated carbocycles. The fourth-order valence-corrected chi connectivity index (χ4v) is 4.08. The van der Waals surface area contributed by atoms with Crippen LogP contribution in [0.5, 0.6) is 0 Å². The van der Waals surface area contributed by atoms with E-state index < -0.39 is 0 Å². The van der Waals surface area contributed by atoms with E-state index in [2.05, 4.69) is 41.1 Å². The van der Waals surface area contributed by atoms with Crippen molar-refractivity contribution in [1.29, 1.82) is 0 Å². The third kappa shape index (κ3) is 4.39. The smallest absolute Gasteiger partial charge is 0.238 e. The number of para-hydroxylation sites is 1. The zero-order valence-electron chi connectivity index (χ0n) is 17.9. The summed E-state index contributed by atoms with van der Waals surface area (Å²) in [5, 5.41) is 7.76. The third-order valence-electron chi connectivity index (χ3n) is 5.64. The zero-order chi connectivity index (χ0) is 21.1. The van der Waals surface area contributed by atoms with Gasteiger partial charge in [-0.05, 0) is 45.0 Å². The van der Waals surface area contributed by atoms with Crippen LogP contribution in [0.4, 0.5) is 11.4 Å². The van der Waals surface area contributed by atoms with Crippen LogP contribution < -0.4 is 10.2 Å². The van der Waals surface area contributed by atoms with Crippen LogP contribution in [-0.2, 0) is 4.79 Å². The van der Waals surface area contributed by atoms with Gasteiger partial charge in [0.1, 0.15) is 0 Å². The molecule has 2 heterocycles. The fraction of sp³-hybridized carbons (Fsp3) is 0.333. The molecule has 2 aromatic carbocycles. The third-order valence-corrected chi connectivity index (χ3v) is 5.64. The predicted molar refractivity (Wildman–Crippen MR) is 121 cm³/mol. The van der Waals surface area contributed by atoms with Crippen LogP contribution in [0.1, 0.15) is 17.0 Å². The average Bonchev–Trinajstić information content (AvgIpc) is 3.05. The Morgan fingerprint density at radius 3 is 2.27 bits per heavy atom. The molecule has 6 nitrogen and oxygen atoms in total. The molecule has 1 aliphatic rings. The molecular weight excluding hydrogens is 374 g/mol. The summed E-state index contributed by atoms with van der Waals surface area (Å²) in [6, 6.07) is 18.1. The predicted octanol–water partition coefficient (Wildman–Crippen LogP) is 3.56. The van der Waals surface area contributed by atoms with Crippen molar-refractivity contribution in [3.63, 3.8) is 0 Å². The maximum atomic E-state index is 12.4. The van der Waals surface area contributed by atoms with Crippen LogP contribution >= 0.6 is 0 Å². The van der Waals surface area contributed by atoms with E-state index in [0.29, 0.717) is 6.54 Å². The number of piperazine rings is 1. The van der Waals surface area contributed by atoms with Crippen molar-refractivity contribution < 1.29 is 4.79 Å². The Kier molecular flexibility index (Phi) is 5.86. The summed E-state index contributed by atoms with van der Waals surface area (Å²) in [4.78, 5) is 17.0. The highest BCUT2D eigenvalue weighted by atomic mass is 16.2. The van der Waals surface area contributed by atoms with Gasteiger partial charge in [0.25, 0.3) is 0 Å². The molecule has 0 bridgehead atoms.